The Balaban J connectivity index is 1.17. The number of aliphatic imine (C=N–C) groups is 1. The van der Waals surface area contributed by atoms with E-state index in [0.717, 1.165) is 33.7 Å². The van der Waals surface area contributed by atoms with Crippen molar-refractivity contribution in [1.82, 2.24) is 4.98 Å². The molecule has 0 aliphatic carbocycles. The molecule has 0 amide bonds. The Kier molecular flexibility index (Phi) is 7.00. The second-order valence-electron chi connectivity index (χ2n) is 13.6. The van der Waals surface area contributed by atoms with Gasteiger partial charge >= 0.3 is 0 Å². The summed E-state index contributed by atoms with van der Waals surface area (Å²) < 4.78 is 3.84. The molecule has 2 nitrogen and oxygen atoms in total. The van der Waals surface area contributed by atoms with E-state index in [1.165, 1.54) is 68.3 Å². The van der Waals surface area contributed by atoms with Gasteiger partial charge in [0, 0.05) is 52.5 Å². The molecule has 11 rings (SSSR count). The number of nitrogens with zero attached hydrogens (tertiary/aromatic N) is 2. The molecule has 10 aromatic rings. The van der Waals surface area contributed by atoms with E-state index < -0.39 is 0 Å². The normalized spacial score (nSPS) is 14.0. The minimum atomic E-state index is 0.0878. The van der Waals surface area contributed by atoms with E-state index in [4.69, 9.17) is 9.98 Å². The number of benzene rings is 7. The summed E-state index contributed by atoms with van der Waals surface area (Å²) in [5, 5.41) is 5.05. The molecule has 1 aliphatic rings. The Hall–Kier alpha value is -6.20. The van der Waals surface area contributed by atoms with Crippen molar-refractivity contribution >= 4 is 75.2 Å². The Labute approximate surface area is 315 Å². The van der Waals surface area contributed by atoms with Crippen molar-refractivity contribution in [2.75, 3.05) is 0 Å². The summed E-state index contributed by atoms with van der Waals surface area (Å²) in [5.74, 6) is 0.0878. The van der Waals surface area contributed by atoms with E-state index >= 15 is 0 Å². The summed E-state index contributed by atoms with van der Waals surface area (Å²) in [6, 6.07) is 63.4. The highest BCUT2D eigenvalue weighted by Crippen LogP contribution is 2.52. The standard InChI is InChI=1S/C49H30N2S2/c1-3-14-30(15-4-1)42-36-19-7-10-23-39(36)50-45(42)33-28-26-31(27-29-33)43-44-37-20-8-11-24-40(37)51-46(32-16-5-2-6-17-32)49(44)53-48(43)38-22-13-21-35-34-18-9-12-25-41(34)52-47(35)38/h1-29,42H. The summed E-state index contributed by atoms with van der Waals surface area (Å²) in [5.41, 5.74) is 12.7. The molecule has 0 spiro atoms. The van der Waals surface area contributed by atoms with Crippen LogP contribution in [0.2, 0.25) is 0 Å². The van der Waals surface area contributed by atoms with Gasteiger partial charge in [0.1, 0.15) is 0 Å². The Morgan fingerprint density at radius 1 is 0.472 bits per heavy atom. The highest BCUT2D eigenvalue weighted by atomic mass is 32.1. The number of thiophene rings is 2. The highest BCUT2D eigenvalue weighted by molar-refractivity contribution is 7.27. The van der Waals surface area contributed by atoms with Crippen LogP contribution >= 0.6 is 22.7 Å². The van der Waals surface area contributed by atoms with E-state index in [9.17, 15) is 0 Å². The van der Waals surface area contributed by atoms with Crippen LogP contribution in [0.15, 0.2) is 181 Å². The summed E-state index contributed by atoms with van der Waals surface area (Å²) in [6.07, 6.45) is 0. The SMILES string of the molecule is c1ccc(-c2nc3ccccc3c3c(-c4ccc(C5=Nc6ccccc6C5c5ccccc5)cc4)c(-c4cccc5c4sc4ccccc45)sc23)cc1. The van der Waals surface area contributed by atoms with Crippen LogP contribution in [-0.4, -0.2) is 10.7 Å². The van der Waals surface area contributed by atoms with Crippen molar-refractivity contribution in [1.29, 1.82) is 0 Å². The van der Waals surface area contributed by atoms with Crippen LogP contribution < -0.4 is 0 Å². The number of hydrogen-bond donors (Lipinski definition) is 0. The molecule has 0 saturated carbocycles. The number of pyridine rings is 1. The number of rotatable bonds is 5. The highest BCUT2D eigenvalue weighted by Gasteiger charge is 2.30. The molecule has 4 heteroatoms. The molecule has 7 aromatic carbocycles. The van der Waals surface area contributed by atoms with Crippen molar-refractivity contribution in [3.05, 3.63) is 193 Å². The van der Waals surface area contributed by atoms with Gasteiger partial charge in [0.05, 0.1) is 33.2 Å². The molecule has 4 heterocycles. The topological polar surface area (TPSA) is 25.2 Å². The smallest absolute Gasteiger partial charge is 0.0888 e. The molecule has 53 heavy (non-hydrogen) atoms. The predicted octanol–water partition coefficient (Wildman–Crippen LogP) is 14.1. The maximum atomic E-state index is 5.33. The first-order chi connectivity index (χ1) is 26.3. The maximum absolute atomic E-state index is 5.33. The van der Waals surface area contributed by atoms with Crippen molar-refractivity contribution in [2.45, 2.75) is 5.92 Å². The molecular formula is C49H30N2S2. The molecule has 0 bridgehead atoms. The predicted molar refractivity (Wildman–Crippen MR) is 227 cm³/mol. The van der Waals surface area contributed by atoms with Crippen LogP contribution in [-0.2, 0) is 0 Å². The Morgan fingerprint density at radius 2 is 1.15 bits per heavy atom. The summed E-state index contributed by atoms with van der Waals surface area (Å²) in [4.78, 5) is 11.8. The van der Waals surface area contributed by atoms with Gasteiger partial charge in [-0.15, -0.1) is 22.7 Å². The fraction of sp³-hybridized carbons (Fsp3) is 0.0204. The van der Waals surface area contributed by atoms with Gasteiger partial charge in [-0.05, 0) is 40.5 Å². The first-order valence-electron chi connectivity index (χ1n) is 17.9. The van der Waals surface area contributed by atoms with Gasteiger partial charge in [0.15, 0.2) is 0 Å². The van der Waals surface area contributed by atoms with Crippen LogP contribution in [0.1, 0.15) is 22.6 Å². The molecule has 1 atom stereocenters. The monoisotopic (exact) mass is 710 g/mol. The van der Waals surface area contributed by atoms with Crippen molar-refractivity contribution in [3.63, 3.8) is 0 Å². The molecule has 1 aliphatic heterocycles. The molecule has 1 unspecified atom stereocenters. The zero-order valence-corrected chi connectivity index (χ0v) is 30.2. The van der Waals surface area contributed by atoms with Crippen LogP contribution in [0, 0.1) is 0 Å². The minimum absolute atomic E-state index is 0.0878. The molecule has 248 valence electrons. The molecule has 0 fully saturated rings. The lowest BCUT2D eigenvalue weighted by molar-refractivity contribution is 1.11. The molecular weight excluding hydrogens is 681 g/mol. The van der Waals surface area contributed by atoms with Gasteiger partial charge in [-0.25, -0.2) is 4.98 Å². The fourth-order valence-corrected chi connectivity index (χ4v) is 10.9. The van der Waals surface area contributed by atoms with Crippen LogP contribution in [0.3, 0.4) is 0 Å². The van der Waals surface area contributed by atoms with Gasteiger partial charge in [-0.1, -0.05) is 158 Å². The third-order valence-electron chi connectivity index (χ3n) is 10.6. The summed E-state index contributed by atoms with van der Waals surface area (Å²) in [7, 11) is 0. The first kappa shape index (κ1) is 30.4. The van der Waals surface area contributed by atoms with Gasteiger partial charge in [-0.2, -0.15) is 0 Å². The van der Waals surface area contributed by atoms with Crippen molar-refractivity contribution in [2.24, 2.45) is 4.99 Å². The number of hydrogen-bond acceptors (Lipinski definition) is 4. The lowest BCUT2D eigenvalue weighted by Crippen LogP contribution is -2.11. The lowest BCUT2D eigenvalue weighted by Gasteiger charge is -2.16. The van der Waals surface area contributed by atoms with E-state index in [-0.39, 0.29) is 5.92 Å². The van der Waals surface area contributed by atoms with Crippen LogP contribution in [0.25, 0.3) is 74.0 Å². The quantitative estimate of drug-likeness (QED) is 0.175. The third kappa shape index (κ3) is 4.84. The molecule has 0 saturated heterocycles. The van der Waals surface area contributed by atoms with E-state index in [0.29, 0.717) is 0 Å². The van der Waals surface area contributed by atoms with E-state index in [1.54, 1.807) is 0 Å². The fourth-order valence-electron chi connectivity index (χ4n) is 8.19. The zero-order valence-electron chi connectivity index (χ0n) is 28.5. The average molecular weight is 711 g/mol. The minimum Gasteiger partial charge on any atom is -0.252 e. The number of fused-ring (bicyclic) bond motifs is 7. The summed E-state index contributed by atoms with van der Waals surface area (Å²) in [6.45, 7) is 0. The van der Waals surface area contributed by atoms with Gasteiger partial charge in [0.25, 0.3) is 0 Å². The first-order valence-corrected chi connectivity index (χ1v) is 19.6. The second kappa shape index (κ2) is 12.2. The number of para-hydroxylation sites is 2. The average Bonchev–Trinajstić information content (AvgIpc) is 3.93. The Bertz CT molecular complexity index is 3050. The van der Waals surface area contributed by atoms with Crippen LogP contribution in [0.4, 0.5) is 5.69 Å². The van der Waals surface area contributed by atoms with Crippen LogP contribution in [0.5, 0.6) is 0 Å². The van der Waals surface area contributed by atoms with Gasteiger partial charge in [0.2, 0.25) is 0 Å². The molecule has 3 aromatic heterocycles. The zero-order chi connectivity index (χ0) is 34.9. The Morgan fingerprint density at radius 3 is 2.00 bits per heavy atom. The lowest BCUT2D eigenvalue weighted by atomic mass is 9.85. The maximum Gasteiger partial charge on any atom is 0.0888 e. The number of aromatic nitrogens is 1. The second-order valence-corrected chi connectivity index (χ2v) is 15.7. The summed E-state index contributed by atoms with van der Waals surface area (Å²) >= 11 is 3.76. The molecule has 0 N–H and O–H groups in total. The van der Waals surface area contributed by atoms with E-state index in [1.807, 2.05) is 22.7 Å². The van der Waals surface area contributed by atoms with Gasteiger partial charge in [-0.3, -0.25) is 4.99 Å². The van der Waals surface area contributed by atoms with Crippen molar-refractivity contribution in [3.8, 4) is 32.8 Å². The van der Waals surface area contributed by atoms with Gasteiger partial charge < -0.3 is 0 Å². The van der Waals surface area contributed by atoms with Crippen molar-refractivity contribution < 1.29 is 0 Å². The third-order valence-corrected chi connectivity index (χ3v) is 13.0. The largest absolute Gasteiger partial charge is 0.252 e. The van der Waals surface area contributed by atoms with E-state index in [2.05, 4.69) is 176 Å². The molecule has 0 radical (unpaired) electrons.